The van der Waals surface area contributed by atoms with Gasteiger partial charge in [0, 0.05) is 12.0 Å². The van der Waals surface area contributed by atoms with Gasteiger partial charge in [0.1, 0.15) is 5.75 Å². The first-order valence-corrected chi connectivity index (χ1v) is 5.73. The summed E-state index contributed by atoms with van der Waals surface area (Å²) in [6, 6.07) is 12.0. The molecule has 0 spiro atoms. The molecular weight excluding hydrogens is 226 g/mol. The summed E-state index contributed by atoms with van der Waals surface area (Å²) in [6.07, 6.45) is 3.87. The Labute approximate surface area is 106 Å². The number of hydrogen-bond donors (Lipinski definition) is 1. The summed E-state index contributed by atoms with van der Waals surface area (Å²) in [4.78, 5) is 10.7. The summed E-state index contributed by atoms with van der Waals surface area (Å²) in [5.41, 5.74) is 6.09. The van der Waals surface area contributed by atoms with Gasteiger partial charge in [-0.1, -0.05) is 42.5 Å². The SMILES string of the molecule is COc1ccc2ccccc2c1C=CCC(N)=O. The van der Waals surface area contributed by atoms with Crippen LogP contribution in [0.3, 0.4) is 0 Å². The zero-order chi connectivity index (χ0) is 13.0. The minimum atomic E-state index is -0.342. The van der Waals surface area contributed by atoms with E-state index in [1.54, 1.807) is 13.2 Å². The summed E-state index contributed by atoms with van der Waals surface area (Å²) in [7, 11) is 1.63. The maximum atomic E-state index is 10.7. The largest absolute Gasteiger partial charge is 0.496 e. The lowest BCUT2D eigenvalue weighted by Gasteiger charge is -2.08. The van der Waals surface area contributed by atoms with Crippen LogP contribution in [-0.2, 0) is 4.79 Å². The van der Waals surface area contributed by atoms with Gasteiger partial charge in [-0.15, -0.1) is 0 Å². The summed E-state index contributed by atoms with van der Waals surface area (Å²) >= 11 is 0. The third-order valence-electron chi connectivity index (χ3n) is 2.75. The van der Waals surface area contributed by atoms with Gasteiger partial charge in [-0.05, 0) is 16.8 Å². The molecule has 2 rings (SSSR count). The third kappa shape index (κ3) is 2.51. The molecule has 2 aromatic carbocycles. The number of benzene rings is 2. The van der Waals surface area contributed by atoms with Crippen molar-refractivity contribution in [3.05, 3.63) is 48.0 Å². The molecule has 0 aliphatic carbocycles. The fraction of sp³-hybridized carbons (Fsp3) is 0.133. The molecule has 0 unspecified atom stereocenters. The van der Waals surface area contributed by atoms with Gasteiger partial charge in [0.2, 0.25) is 5.91 Å². The van der Waals surface area contributed by atoms with Crippen molar-refractivity contribution in [3.63, 3.8) is 0 Å². The van der Waals surface area contributed by atoms with Crippen LogP contribution in [0.1, 0.15) is 12.0 Å². The van der Waals surface area contributed by atoms with Crippen molar-refractivity contribution in [1.29, 1.82) is 0 Å². The molecule has 1 amide bonds. The van der Waals surface area contributed by atoms with E-state index in [0.717, 1.165) is 22.1 Å². The first-order chi connectivity index (χ1) is 8.72. The highest BCUT2D eigenvalue weighted by molar-refractivity contribution is 5.93. The monoisotopic (exact) mass is 241 g/mol. The molecule has 2 N–H and O–H groups in total. The Morgan fingerprint density at radius 1 is 1.28 bits per heavy atom. The summed E-state index contributed by atoms with van der Waals surface area (Å²) in [5, 5.41) is 2.23. The molecule has 3 nitrogen and oxygen atoms in total. The molecule has 2 aromatic rings. The van der Waals surface area contributed by atoms with Gasteiger partial charge < -0.3 is 10.5 Å². The molecule has 0 aliphatic heterocycles. The van der Waals surface area contributed by atoms with Crippen LogP contribution in [0.15, 0.2) is 42.5 Å². The molecule has 0 radical (unpaired) electrons. The fourth-order valence-electron chi connectivity index (χ4n) is 1.92. The Morgan fingerprint density at radius 3 is 2.78 bits per heavy atom. The number of ether oxygens (including phenoxy) is 1. The summed E-state index contributed by atoms with van der Waals surface area (Å²) in [6.45, 7) is 0. The molecule has 0 aliphatic rings. The maximum Gasteiger partial charge on any atom is 0.221 e. The highest BCUT2D eigenvalue weighted by Gasteiger charge is 2.04. The van der Waals surface area contributed by atoms with E-state index in [-0.39, 0.29) is 12.3 Å². The Bertz CT molecular complexity index is 602. The molecule has 0 heterocycles. The lowest BCUT2D eigenvalue weighted by molar-refractivity contribution is -0.117. The molecule has 0 bridgehead atoms. The average Bonchev–Trinajstić information content (AvgIpc) is 2.38. The van der Waals surface area contributed by atoms with Gasteiger partial charge in [0.25, 0.3) is 0 Å². The molecule has 3 heteroatoms. The number of nitrogens with two attached hydrogens (primary N) is 1. The molecule has 0 atom stereocenters. The number of amides is 1. The quantitative estimate of drug-likeness (QED) is 0.894. The standard InChI is InChI=1S/C15H15NO2/c1-18-14-10-9-11-5-2-3-6-12(11)13(14)7-4-8-15(16)17/h2-7,9-10H,8H2,1H3,(H2,16,17). The number of carbonyl (C=O) groups excluding carboxylic acids is 1. The number of rotatable bonds is 4. The normalized spacial score (nSPS) is 10.9. The van der Waals surface area contributed by atoms with Crippen molar-refractivity contribution in [2.75, 3.05) is 7.11 Å². The van der Waals surface area contributed by atoms with Crippen LogP contribution < -0.4 is 10.5 Å². The van der Waals surface area contributed by atoms with E-state index in [0.29, 0.717) is 0 Å². The van der Waals surface area contributed by atoms with Crippen LogP contribution in [0, 0.1) is 0 Å². The average molecular weight is 241 g/mol. The summed E-state index contributed by atoms with van der Waals surface area (Å²) in [5.74, 6) is 0.444. The van der Waals surface area contributed by atoms with Gasteiger partial charge in [-0.25, -0.2) is 0 Å². The second kappa shape index (κ2) is 5.36. The second-order valence-electron chi connectivity index (χ2n) is 3.98. The van der Waals surface area contributed by atoms with Gasteiger partial charge in [0.05, 0.1) is 7.11 Å². The van der Waals surface area contributed by atoms with Crippen LogP contribution >= 0.6 is 0 Å². The van der Waals surface area contributed by atoms with E-state index in [9.17, 15) is 4.79 Å². The van der Waals surface area contributed by atoms with Gasteiger partial charge >= 0.3 is 0 Å². The zero-order valence-corrected chi connectivity index (χ0v) is 10.2. The molecule has 0 fully saturated rings. The number of methoxy groups -OCH3 is 1. The van der Waals surface area contributed by atoms with Crippen LogP contribution in [0.4, 0.5) is 0 Å². The van der Waals surface area contributed by atoms with Gasteiger partial charge in [-0.3, -0.25) is 4.79 Å². The maximum absolute atomic E-state index is 10.7. The van der Waals surface area contributed by atoms with Crippen molar-refractivity contribution in [1.82, 2.24) is 0 Å². The van der Waals surface area contributed by atoms with Crippen LogP contribution in [0.2, 0.25) is 0 Å². The van der Waals surface area contributed by atoms with Crippen molar-refractivity contribution in [3.8, 4) is 5.75 Å². The van der Waals surface area contributed by atoms with Crippen LogP contribution in [-0.4, -0.2) is 13.0 Å². The predicted octanol–water partition coefficient (Wildman–Crippen LogP) is 2.74. The molecule has 0 aromatic heterocycles. The van der Waals surface area contributed by atoms with Gasteiger partial charge in [-0.2, -0.15) is 0 Å². The van der Waals surface area contributed by atoms with Crippen molar-refractivity contribution in [2.45, 2.75) is 6.42 Å². The van der Waals surface area contributed by atoms with Crippen LogP contribution in [0.25, 0.3) is 16.8 Å². The second-order valence-corrected chi connectivity index (χ2v) is 3.98. The van der Waals surface area contributed by atoms with Crippen molar-refractivity contribution >= 4 is 22.8 Å². The number of hydrogen-bond acceptors (Lipinski definition) is 2. The Morgan fingerprint density at radius 2 is 2.06 bits per heavy atom. The topological polar surface area (TPSA) is 52.3 Å². The van der Waals surface area contributed by atoms with E-state index in [4.69, 9.17) is 10.5 Å². The van der Waals surface area contributed by atoms with E-state index >= 15 is 0 Å². The minimum Gasteiger partial charge on any atom is -0.496 e. The molecule has 0 saturated carbocycles. The number of fused-ring (bicyclic) bond motifs is 1. The summed E-state index contributed by atoms with van der Waals surface area (Å²) < 4.78 is 5.34. The lowest BCUT2D eigenvalue weighted by atomic mass is 10.0. The van der Waals surface area contributed by atoms with E-state index in [2.05, 4.69) is 0 Å². The smallest absolute Gasteiger partial charge is 0.221 e. The molecule has 18 heavy (non-hydrogen) atoms. The molecular formula is C15H15NO2. The first kappa shape index (κ1) is 12.2. The number of primary amides is 1. The molecule has 0 saturated heterocycles. The third-order valence-corrected chi connectivity index (χ3v) is 2.75. The Balaban J connectivity index is 2.51. The highest BCUT2D eigenvalue weighted by Crippen LogP contribution is 2.29. The van der Waals surface area contributed by atoms with E-state index in [1.165, 1.54) is 0 Å². The molecule has 92 valence electrons. The lowest BCUT2D eigenvalue weighted by Crippen LogP contribution is -2.07. The van der Waals surface area contributed by atoms with Gasteiger partial charge in [0.15, 0.2) is 0 Å². The first-order valence-electron chi connectivity index (χ1n) is 5.73. The van der Waals surface area contributed by atoms with E-state index in [1.807, 2.05) is 42.5 Å². The van der Waals surface area contributed by atoms with E-state index < -0.39 is 0 Å². The number of carbonyl (C=O) groups is 1. The zero-order valence-electron chi connectivity index (χ0n) is 10.2. The van der Waals surface area contributed by atoms with Crippen molar-refractivity contribution in [2.24, 2.45) is 5.73 Å². The Kier molecular flexibility index (Phi) is 3.63. The van der Waals surface area contributed by atoms with Crippen molar-refractivity contribution < 1.29 is 9.53 Å². The minimum absolute atomic E-state index is 0.229. The predicted molar refractivity (Wildman–Crippen MR) is 73.3 cm³/mol. The van der Waals surface area contributed by atoms with Crippen LogP contribution in [0.5, 0.6) is 5.75 Å². The highest BCUT2D eigenvalue weighted by atomic mass is 16.5. The Hall–Kier alpha value is -2.29. The fourth-order valence-corrected chi connectivity index (χ4v) is 1.92.